The molecule has 0 N–H and O–H groups in total. The maximum Gasteiger partial charge on any atom is 0.253 e. The molecule has 162 valence electrons. The third-order valence-electron chi connectivity index (χ3n) is 5.65. The van der Waals surface area contributed by atoms with Gasteiger partial charge in [-0.2, -0.15) is 0 Å². The lowest BCUT2D eigenvalue weighted by molar-refractivity contribution is -0.0423. The second kappa shape index (κ2) is 10.8. The van der Waals surface area contributed by atoms with Crippen LogP contribution in [0.5, 0.6) is 11.5 Å². The monoisotopic (exact) mass is 404 g/mol. The highest BCUT2D eigenvalue weighted by Gasteiger charge is 2.30. The normalized spacial score (nSPS) is 21.2. The Hall–Kier alpha value is -1.79. The van der Waals surface area contributed by atoms with Crippen LogP contribution < -0.4 is 9.47 Å². The molecule has 6 nitrogen and oxygen atoms in total. The van der Waals surface area contributed by atoms with Gasteiger partial charge in [-0.3, -0.25) is 9.69 Å². The molecule has 2 aliphatic rings. The van der Waals surface area contributed by atoms with Crippen molar-refractivity contribution in [2.45, 2.75) is 58.6 Å². The third-order valence-corrected chi connectivity index (χ3v) is 5.65. The van der Waals surface area contributed by atoms with Gasteiger partial charge in [0.2, 0.25) is 0 Å². The first-order valence-electron chi connectivity index (χ1n) is 11.2. The smallest absolute Gasteiger partial charge is 0.253 e. The molecule has 6 heteroatoms. The van der Waals surface area contributed by atoms with E-state index < -0.39 is 0 Å². The fourth-order valence-corrected chi connectivity index (χ4v) is 4.09. The van der Waals surface area contributed by atoms with E-state index in [1.165, 1.54) is 0 Å². The number of carbonyl (C=O) groups excluding carboxylic acids is 1. The van der Waals surface area contributed by atoms with Gasteiger partial charge in [0.1, 0.15) is 0 Å². The van der Waals surface area contributed by atoms with Crippen LogP contribution in [0, 0.1) is 0 Å². The molecule has 0 spiro atoms. The number of rotatable bonds is 8. The zero-order chi connectivity index (χ0) is 20.6. The van der Waals surface area contributed by atoms with Gasteiger partial charge in [0.05, 0.1) is 25.9 Å². The first kappa shape index (κ1) is 21.9. The fraction of sp³-hybridized carbons (Fsp3) is 0.696. The van der Waals surface area contributed by atoms with E-state index in [2.05, 4.69) is 25.7 Å². The number of benzene rings is 1. The second-order valence-electron chi connectivity index (χ2n) is 8.06. The minimum absolute atomic E-state index is 0.0854. The summed E-state index contributed by atoms with van der Waals surface area (Å²) in [5.41, 5.74) is 0.679. The topological polar surface area (TPSA) is 51.2 Å². The molecule has 0 radical (unpaired) electrons. The van der Waals surface area contributed by atoms with Crippen LogP contribution in [0.4, 0.5) is 0 Å². The van der Waals surface area contributed by atoms with Crippen molar-refractivity contribution in [3.63, 3.8) is 0 Å². The Balaban J connectivity index is 1.61. The summed E-state index contributed by atoms with van der Waals surface area (Å²) in [5.74, 6) is 1.47. The number of hydrogen-bond acceptors (Lipinski definition) is 5. The van der Waals surface area contributed by atoms with Crippen LogP contribution in [0.2, 0.25) is 0 Å². The summed E-state index contributed by atoms with van der Waals surface area (Å²) in [7, 11) is 0. The standard InChI is InChI=1S/C23H36N2O4/c1-4-13-28-21-7-6-19(16-22(21)29-14-5-2)23(26)24-10-8-20(9-11-24)25-12-15-27-18(3)17-25/h6-7,16,18,20H,4-5,8-15,17H2,1-3H3. The highest BCUT2D eigenvalue weighted by molar-refractivity contribution is 5.95. The molecular weight excluding hydrogens is 368 g/mol. The van der Waals surface area contributed by atoms with Gasteiger partial charge >= 0.3 is 0 Å². The van der Waals surface area contributed by atoms with E-state index in [9.17, 15) is 4.79 Å². The van der Waals surface area contributed by atoms with Crippen LogP contribution in [0.1, 0.15) is 56.8 Å². The van der Waals surface area contributed by atoms with Gasteiger partial charge in [0, 0.05) is 37.8 Å². The first-order valence-corrected chi connectivity index (χ1v) is 11.2. The quantitative estimate of drug-likeness (QED) is 0.663. The summed E-state index contributed by atoms with van der Waals surface area (Å²) in [6, 6.07) is 6.13. The van der Waals surface area contributed by atoms with Crippen LogP contribution >= 0.6 is 0 Å². The molecule has 1 atom stereocenters. The van der Waals surface area contributed by atoms with Crippen LogP contribution in [-0.2, 0) is 4.74 Å². The molecule has 0 bridgehead atoms. The van der Waals surface area contributed by atoms with Gasteiger partial charge < -0.3 is 19.1 Å². The molecule has 0 aliphatic carbocycles. The van der Waals surface area contributed by atoms with Gasteiger partial charge in [0.25, 0.3) is 5.91 Å². The van der Waals surface area contributed by atoms with E-state index in [4.69, 9.17) is 14.2 Å². The van der Waals surface area contributed by atoms with Gasteiger partial charge in [-0.1, -0.05) is 13.8 Å². The third kappa shape index (κ3) is 5.86. The van der Waals surface area contributed by atoms with Crippen molar-refractivity contribution >= 4 is 5.91 Å². The number of ether oxygens (including phenoxy) is 3. The number of nitrogens with zero attached hydrogens (tertiary/aromatic N) is 2. The molecule has 1 aromatic rings. The van der Waals surface area contributed by atoms with Crippen molar-refractivity contribution < 1.29 is 19.0 Å². The molecule has 2 saturated heterocycles. The molecular formula is C23H36N2O4. The predicted molar refractivity (Wildman–Crippen MR) is 114 cm³/mol. The SMILES string of the molecule is CCCOc1ccc(C(=O)N2CCC(N3CCOC(C)C3)CC2)cc1OCCC. The van der Waals surface area contributed by atoms with Crippen molar-refractivity contribution in [2.75, 3.05) is 46.0 Å². The number of hydrogen-bond donors (Lipinski definition) is 0. The zero-order valence-corrected chi connectivity index (χ0v) is 18.2. The van der Waals surface area contributed by atoms with Crippen molar-refractivity contribution in [3.05, 3.63) is 23.8 Å². The lowest BCUT2D eigenvalue weighted by Gasteiger charge is -2.41. The number of amides is 1. The zero-order valence-electron chi connectivity index (χ0n) is 18.2. The highest BCUT2D eigenvalue weighted by atomic mass is 16.5. The summed E-state index contributed by atoms with van der Waals surface area (Å²) < 4.78 is 17.3. The highest BCUT2D eigenvalue weighted by Crippen LogP contribution is 2.30. The molecule has 2 heterocycles. The van der Waals surface area contributed by atoms with Gasteiger partial charge in [0.15, 0.2) is 11.5 Å². The van der Waals surface area contributed by atoms with Crippen LogP contribution in [0.15, 0.2) is 18.2 Å². The lowest BCUT2D eigenvalue weighted by Crippen LogP contribution is -2.51. The summed E-state index contributed by atoms with van der Waals surface area (Å²) in [6.07, 6.45) is 4.20. The summed E-state index contributed by atoms with van der Waals surface area (Å²) >= 11 is 0. The summed E-state index contributed by atoms with van der Waals surface area (Å²) in [6.45, 7) is 11.9. The number of likely N-dealkylation sites (tertiary alicyclic amines) is 1. The fourth-order valence-electron chi connectivity index (χ4n) is 4.09. The Bertz CT molecular complexity index is 658. The molecule has 1 amide bonds. The molecule has 3 rings (SSSR count). The Kier molecular flexibility index (Phi) is 8.19. The van der Waals surface area contributed by atoms with Gasteiger partial charge in [-0.25, -0.2) is 0 Å². The number of morpholine rings is 1. The number of piperidine rings is 1. The predicted octanol–water partition coefficient (Wildman–Crippen LogP) is 3.59. The number of carbonyl (C=O) groups is 1. The Morgan fingerprint density at radius 2 is 1.76 bits per heavy atom. The molecule has 1 aromatic carbocycles. The lowest BCUT2D eigenvalue weighted by atomic mass is 10.0. The van der Waals surface area contributed by atoms with Crippen LogP contribution in [0.3, 0.4) is 0 Å². The average Bonchev–Trinajstić information content (AvgIpc) is 2.76. The molecule has 2 aliphatic heterocycles. The minimum atomic E-state index is 0.0854. The van der Waals surface area contributed by atoms with Gasteiger partial charge in [-0.05, 0) is 50.8 Å². The molecule has 2 fully saturated rings. The molecule has 0 aromatic heterocycles. The van der Waals surface area contributed by atoms with E-state index in [0.717, 1.165) is 64.2 Å². The van der Waals surface area contributed by atoms with E-state index >= 15 is 0 Å². The average molecular weight is 405 g/mol. The van der Waals surface area contributed by atoms with Crippen molar-refractivity contribution in [1.82, 2.24) is 9.80 Å². The molecule has 29 heavy (non-hydrogen) atoms. The van der Waals surface area contributed by atoms with E-state index in [1.807, 2.05) is 23.1 Å². The largest absolute Gasteiger partial charge is 0.490 e. The maximum absolute atomic E-state index is 13.1. The Morgan fingerprint density at radius 1 is 1.07 bits per heavy atom. The minimum Gasteiger partial charge on any atom is -0.490 e. The van der Waals surface area contributed by atoms with Crippen LogP contribution in [-0.4, -0.2) is 73.9 Å². The Labute approximate surface area is 175 Å². The van der Waals surface area contributed by atoms with E-state index in [1.54, 1.807) is 0 Å². The van der Waals surface area contributed by atoms with E-state index in [0.29, 0.717) is 36.7 Å². The second-order valence-corrected chi connectivity index (χ2v) is 8.06. The summed E-state index contributed by atoms with van der Waals surface area (Å²) in [5, 5.41) is 0. The van der Waals surface area contributed by atoms with Crippen molar-refractivity contribution in [2.24, 2.45) is 0 Å². The summed E-state index contributed by atoms with van der Waals surface area (Å²) in [4.78, 5) is 17.6. The molecule has 1 unspecified atom stereocenters. The molecule has 0 saturated carbocycles. The van der Waals surface area contributed by atoms with E-state index in [-0.39, 0.29) is 5.91 Å². The first-order chi connectivity index (χ1) is 14.1. The van der Waals surface area contributed by atoms with Crippen molar-refractivity contribution in [1.29, 1.82) is 0 Å². The Morgan fingerprint density at radius 3 is 2.41 bits per heavy atom. The van der Waals surface area contributed by atoms with Gasteiger partial charge in [-0.15, -0.1) is 0 Å². The van der Waals surface area contributed by atoms with Crippen molar-refractivity contribution in [3.8, 4) is 11.5 Å². The maximum atomic E-state index is 13.1. The van der Waals surface area contributed by atoms with Crippen LogP contribution in [0.25, 0.3) is 0 Å².